The van der Waals surface area contributed by atoms with E-state index in [1.54, 1.807) is 37.3 Å². The number of alkyl halides is 3. The lowest BCUT2D eigenvalue weighted by molar-refractivity contribution is -0.140. The van der Waals surface area contributed by atoms with E-state index in [0.717, 1.165) is 25.9 Å². The molecule has 2 saturated heterocycles. The Labute approximate surface area is 269 Å². The first-order chi connectivity index (χ1) is 21.4. The van der Waals surface area contributed by atoms with Crippen LogP contribution in [-0.2, 0) is 20.5 Å². The van der Waals surface area contributed by atoms with Crippen LogP contribution in [0.1, 0.15) is 37.1 Å². The van der Waals surface area contributed by atoms with Gasteiger partial charge in [0, 0.05) is 36.2 Å². The van der Waals surface area contributed by atoms with Gasteiger partial charge in [-0.1, -0.05) is 47.5 Å². The van der Waals surface area contributed by atoms with Crippen molar-refractivity contribution in [3.63, 3.8) is 0 Å². The van der Waals surface area contributed by atoms with Crippen LogP contribution in [0.4, 0.5) is 19.0 Å². The summed E-state index contributed by atoms with van der Waals surface area (Å²) in [6.45, 7) is 5.34. The van der Waals surface area contributed by atoms with E-state index in [4.69, 9.17) is 27.4 Å². The summed E-state index contributed by atoms with van der Waals surface area (Å²) < 4.78 is 73.1. The SMILES string of the molecule is CC(c1ccc(Cl)cc1Cl)n1nc(C(F)(F)F)c2ncc(N3CC([C@H]4CCCN(CCOS(=O)(=O)c5ccccc5)C4)C3)nc21. The summed E-state index contributed by atoms with van der Waals surface area (Å²) in [6, 6.07) is 12.2. The minimum absolute atomic E-state index is 0.0242. The second kappa shape index (κ2) is 12.7. The first-order valence-electron chi connectivity index (χ1n) is 14.6. The Bertz CT molecular complexity index is 1790. The predicted octanol–water partition coefficient (Wildman–Crippen LogP) is 6.31. The minimum Gasteiger partial charge on any atom is -0.355 e. The van der Waals surface area contributed by atoms with Gasteiger partial charge in [-0.3, -0.25) is 4.18 Å². The van der Waals surface area contributed by atoms with Gasteiger partial charge in [-0.2, -0.15) is 26.7 Å². The summed E-state index contributed by atoms with van der Waals surface area (Å²) in [5.41, 5.74) is -0.839. The molecular formula is C30H31Cl2F3N6O3S. The lowest BCUT2D eigenvalue weighted by atomic mass is 9.80. The van der Waals surface area contributed by atoms with Crippen molar-refractivity contribution in [2.24, 2.45) is 11.8 Å². The van der Waals surface area contributed by atoms with Crippen LogP contribution in [0.2, 0.25) is 10.0 Å². The highest BCUT2D eigenvalue weighted by Crippen LogP contribution is 2.38. The van der Waals surface area contributed by atoms with E-state index < -0.39 is 28.0 Å². The topological polar surface area (TPSA) is 93.5 Å². The zero-order valence-electron chi connectivity index (χ0n) is 24.3. The van der Waals surface area contributed by atoms with Crippen molar-refractivity contribution < 1.29 is 25.8 Å². The number of anilines is 1. The normalized spacial score (nSPS) is 19.2. The zero-order valence-corrected chi connectivity index (χ0v) is 26.6. The van der Waals surface area contributed by atoms with E-state index in [1.165, 1.54) is 29.1 Å². The first-order valence-corrected chi connectivity index (χ1v) is 16.8. The molecule has 4 aromatic rings. The van der Waals surface area contributed by atoms with Crippen LogP contribution in [0.15, 0.2) is 59.6 Å². The molecule has 45 heavy (non-hydrogen) atoms. The van der Waals surface area contributed by atoms with Crippen LogP contribution in [0, 0.1) is 11.8 Å². The molecule has 4 heterocycles. The highest BCUT2D eigenvalue weighted by atomic mass is 35.5. The number of nitrogens with zero attached hydrogens (tertiary/aromatic N) is 6. The molecule has 2 aliphatic rings. The van der Waals surface area contributed by atoms with Crippen LogP contribution in [0.5, 0.6) is 0 Å². The van der Waals surface area contributed by atoms with Gasteiger partial charge in [0.25, 0.3) is 10.1 Å². The smallest absolute Gasteiger partial charge is 0.355 e. The Morgan fingerprint density at radius 1 is 1.07 bits per heavy atom. The maximum Gasteiger partial charge on any atom is 0.437 e. The molecule has 0 bridgehead atoms. The van der Waals surface area contributed by atoms with Gasteiger partial charge in [-0.25, -0.2) is 14.6 Å². The second-order valence-electron chi connectivity index (χ2n) is 11.5. The lowest BCUT2D eigenvalue weighted by Gasteiger charge is -2.47. The van der Waals surface area contributed by atoms with Crippen LogP contribution in [0.3, 0.4) is 0 Å². The summed E-state index contributed by atoms with van der Waals surface area (Å²) in [4.78, 5) is 13.2. The van der Waals surface area contributed by atoms with E-state index >= 15 is 0 Å². The molecule has 15 heteroatoms. The summed E-state index contributed by atoms with van der Waals surface area (Å²) in [5.74, 6) is 1.24. The monoisotopic (exact) mass is 682 g/mol. The molecule has 2 aromatic carbocycles. The molecule has 240 valence electrons. The highest BCUT2D eigenvalue weighted by molar-refractivity contribution is 7.86. The fourth-order valence-corrected chi connectivity index (χ4v) is 7.58. The number of aromatic nitrogens is 4. The molecule has 2 fully saturated rings. The Morgan fingerprint density at radius 3 is 2.53 bits per heavy atom. The van der Waals surface area contributed by atoms with Crippen molar-refractivity contribution >= 4 is 50.3 Å². The third-order valence-corrected chi connectivity index (χ3v) is 10.4. The Morgan fingerprint density at radius 2 is 1.82 bits per heavy atom. The molecule has 0 aliphatic carbocycles. The maximum absolute atomic E-state index is 13.9. The molecule has 1 unspecified atom stereocenters. The van der Waals surface area contributed by atoms with Gasteiger partial charge in [-0.05, 0) is 68.0 Å². The summed E-state index contributed by atoms with van der Waals surface area (Å²) >= 11 is 12.4. The van der Waals surface area contributed by atoms with E-state index in [2.05, 4.69) is 20.0 Å². The molecule has 0 N–H and O–H groups in total. The van der Waals surface area contributed by atoms with Gasteiger partial charge in [0.15, 0.2) is 11.3 Å². The third-order valence-electron chi connectivity index (χ3n) is 8.56. The molecule has 0 radical (unpaired) electrons. The molecule has 0 amide bonds. The van der Waals surface area contributed by atoms with Crippen LogP contribution >= 0.6 is 23.2 Å². The first kappa shape index (κ1) is 32.0. The number of likely N-dealkylation sites (tertiary alicyclic amines) is 1. The van der Waals surface area contributed by atoms with E-state index in [0.29, 0.717) is 52.9 Å². The molecule has 0 saturated carbocycles. The van der Waals surface area contributed by atoms with Gasteiger partial charge in [0.05, 0.1) is 23.7 Å². The van der Waals surface area contributed by atoms with Gasteiger partial charge in [0.1, 0.15) is 11.3 Å². The molecule has 2 atom stereocenters. The number of benzene rings is 2. The fraction of sp³-hybridized carbons (Fsp3) is 0.433. The Balaban J connectivity index is 1.12. The van der Waals surface area contributed by atoms with Crippen LogP contribution < -0.4 is 4.90 Å². The number of hydrogen-bond donors (Lipinski definition) is 0. The van der Waals surface area contributed by atoms with Crippen molar-refractivity contribution in [2.75, 3.05) is 44.2 Å². The zero-order chi connectivity index (χ0) is 31.9. The third kappa shape index (κ3) is 6.78. The number of fused-ring (bicyclic) bond motifs is 1. The molecule has 0 spiro atoms. The fourth-order valence-electron chi connectivity index (χ4n) is 6.09. The minimum atomic E-state index is -4.71. The molecular weight excluding hydrogens is 652 g/mol. The second-order valence-corrected chi connectivity index (χ2v) is 13.9. The standard InChI is InChI=1S/C30H31Cl2F3N6O3S/c1-19(24-10-9-22(31)14-25(24)32)41-29-27(28(38-41)30(33,34)35)36-15-26(37-29)40-17-21(18-40)20-6-5-11-39(16-20)12-13-44-45(42,43)23-7-3-2-4-8-23/h2-4,7-10,14-15,19-21H,5-6,11-13,16-18H2,1H3/t19?,20-/m0/s1. The van der Waals surface area contributed by atoms with Gasteiger partial charge in [-0.15, -0.1) is 0 Å². The van der Waals surface area contributed by atoms with Crippen molar-refractivity contribution in [1.82, 2.24) is 24.6 Å². The van der Waals surface area contributed by atoms with Crippen LogP contribution in [0.25, 0.3) is 11.2 Å². The Hall–Kier alpha value is -2.97. The van der Waals surface area contributed by atoms with E-state index in [1.807, 2.05) is 4.90 Å². The Kier molecular flexibility index (Phi) is 9.01. The van der Waals surface area contributed by atoms with Gasteiger partial charge in [0.2, 0.25) is 0 Å². The van der Waals surface area contributed by atoms with Crippen molar-refractivity contribution in [3.8, 4) is 0 Å². The van der Waals surface area contributed by atoms with E-state index in [9.17, 15) is 21.6 Å². The molecule has 9 nitrogen and oxygen atoms in total. The van der Waals surface area contributed by atoms with Gasteiger partial charge < -0.3 is 9.80 Å². The van der Waals surface area contributed by atoms with Crippen LogP contribution in [-0.4, -0.2) is 72.4 Å². The number of hydrogen-bond acceptors (Lipinski definition) is 8. The number of halogens is 5. The highest BCUT2D eigenvalue weighted by Gasteiger charge is 2.40. The summed E-state index contributed by atoms with van der Waals surface area (Å²) in [7, 11) is -3.80. The molecule has 2 aliphatic heterocycles. The predicted molar refractivity (Wildman–Crippen MR) is 165 cm³/mol. The number of piperidine rings is 1. The number of rotatable bonds is 9. The average molecular weight is 684 g/mol. The quantitative estimate of drug-likeness (QED) is 0.190. The van der Waals surface area contributed by atoms with Crippen molar-refractivity contribution in [3.05, 3.63) is 76.0 Å². The summed E-state index contributed by atoms with van der Waals surface area (Å²) in [6.07, 6.45) is -1.31. The largest absolute Gasteiger partial charge is 0.437 e. The molecule has 2 aromatic heterocycles. The molecule has 6 rings (SSSR count). The van der Waals surface area contributed by atoms with Gasteiger partial charge >= 0.3 is 6.18 Å². The average Bonchev–Trinajstić information content (AvgIpc) is 3.37. The summed E-state index contributed by atoms with van der Waals surface area (Å²) in [5, 5.41) is 4.63. The van der Waals surface area contributed by atoms with Crippen molar-refractivity contribution in [1.29, 1.82) is 0 Å². The van der Waals surface area contributed by atoms with E-state index in [-0.39, 0.29) is 22.7 Å². The maximum atomic E-state index is 13.9. The van der Waals surface area contributed by atoms with Crippen molar-refractivity contribution in [2.45, 2.75) is 36.9 Å². The lowest BCUT2D eigenvalue weighted by Crippen LogP contribution is -2.54.